The number of carbonyl (C=O) groups is 1. The summed E-state index contributed by atoms with van der Waals surface area (Å²) in [4.78, 5) is 22.0. The van der Waals surface area contributed by atoms with Crippen LogP contribution in [-0.4, -0.2) is 10.9 Å². The number of esters is 1. The van der Waals surface area contributed by atoms with Crippen molar-refractivity contribution < 1.29 is 14.5 Å². The lowest BCUT2D eigenvalue weighted by Gasteiger charge is -2.08. The van der Waals surface area contributed by atoms with Crippen LogP contribution in [0.1, 0.15) is 18.4 Å². The zero-order valence-corrected chi connectivity index (χ0v) is 9.80. The van der Waals surface area contributed by atoms with Gasteiger partial charge < -0.3 is 4.74 Å². The fourth-order valence-corrected chi connectivity index (χ4v) is 1.65. The van der Waals surface area contributed by atoms with Crippen LogP contribution in [0.25, 0.3) is 0 Å². The van der Waals surface area contributed by atoms with Crippen molar-refractivity contribution in [3.8, 4) is 5.75 Å². The van der Waals surface area contributed by atoms with Crippen LogP contribution in [0.5, 0.6) is 5.75 Å². The van der Waals surface area contributed by atoms with Crippen LogP contribution in [0, 0.1) is 16.0 Å². The Balaban J connectivity index is 2.35. The molecule has 0 heterocycles. The lowest BCUT2D eigenvalue weighted by Crippen LogP contribution is -2.12. The lowest BCUT2D eigenvalue weighted by atomic mass is 10.1. The minimum absolute atomic E-state index is 0.0549. The van der Waals surface area contributed by atoms with Crippen molar-refractivity contribution in [2.24, 2.45) is 5.92 Å². The summed E-state index contributed by atoms with van der Waals surface area (Å²) in [5.74, 6) is -0.421. The van der Waals surface area contributed by atoms with Gasteiger partial charge in [-0.15, -0.1) is 6.58 Å². The molecule has 0 saturated heterocycles. The fraction of sp³-hybridized carbons (Fsp3) is 0.308. The van der Waals surface area contributed by atoms with Gasteiger partial charge in [-0.1, -0.05) is 18.2 Å². The van der Waals surface area contributed by atoms with E-state index in [0.29, 0.717) is 12.0 Å². The highest BCUT2D eigenvalue weighted by molar-refractivity contribution is 5.79. The van der Waals surface area contributed by atoms with Gasteiger partial charge in [-0.25, -0.2) is 0 Å². The van der Waals surface area contributed by atoms with E-state index in [0.717, 1.165) is 12.8 Å². The average molecular weight is 247 g/mol. The van der Waals surface area contributed by atoms with Crippen LogP contribution in [0.4, 0.5) is 5.69 Å². The Morgan fingerprint density at radius 2 is 2.28 bits per heavy atom. The van der Waals surface area contributed by atoms with E-state index >= 15 is 0 Å². The minimum Gasteiger partial charge on any atom is -0.419 e. The van der Waals surface area contributed by atoms with Crippen molar-refractivity contribution in [2.75, 3.05) is 0 Å². The normalized spacial score (nSPS) is 14.0. The van der Waals surface area contributed by atoms with Crippen molar-refractivity contribution in [1.82, 2.24) is 0 Å². The Bertz CT molecular complexity index is 506. The standard InChI is InChI=1S/C13H13NO4/c1-2-4-9-5-3-6-11(14(16)17)12(9)18-13(15)10-7-8-10/h2-3,5-6,10H,1,4,7-8H2. The Labute approximate surface area is 104 Å². The van der Waals surface area contributed by atoms with Gasteiger partial charge in [0.1, 0.15) is 0 Å². The first-order valence-corrected chi connectivity index (χ1v) is 5.72. The van der Waals surface area contributed by atoms with Crippen molar-refractivity contribution in [2.45, 2.75) is 19.3 Å². The highest BCUT2D eigenvalue weighted by Gasteiger charge is 2.33. The van der Waals surface area contributed by atoms with Crippen LogP contribution in [-0.2, 0) is 11.2 Å². The maximum Gasteiger partial charge on any atom is 0.314 e. The van der Waals surface area contributed by atoms with E-state index in [9.17, 15) is 14.9 Å². The van der Waals surface area contributed by atoms with Crippen LogP contribution in [0.15, 0.2) is 30.9 Å². The van der Waals surface area contributed by atoms with E-state index in [1.54, 1.807) is 18.2 Å². The summed E-state index contributed by atoms with van der Waals surface area (Å²) < 4.78 is 5.19. The quantitative estimate of drug-likeness (QED) is 0.264. The van der Waals surface area contributed by atoms with Gasteiger partial charge in [-0.3, -0.25) is 14.9 Å². The average Bonchev–Trinajstić information content (AvgIpc) is 3.15. The minimum atomic E-state index is -0.540. The number of benzene rings is 1. The molecule has 0 spiro atoms. The van der Waals surface area contributed by atoms with Crippen molar-refractivity contribution in [3.63, 3.8) is 0 Å². The lowest BCUT2D eigenvalue weighted by molar-refractivity contribution is -0.385. The molecule has 0 aromatic heterocycles. The molecule has 1 fully saturated rings. The zero-order valence-electron chi connectivity index (χ0n) is 9.80. The highest BCUT2D eigenvalue weighted by Crippen LogP contribution is 2.35. The Morgan fingerprint density at radius 3 is 2.83 bits per heavy atom. The Hall–Kier alpha value is -2.17. The van der Waals surface area contributed by atoms with E-state index in [-0.39, 0.29) is 23.3 Å². The van der Waals surface area contributed by atoms with E-state index in [4.69, 9.17) is 4.74 Å². The zero-order chi connectivity index (χ0) is 13.1. The van der Waals surface area contributed by atoms with Gasteiger partial charge in [-0.05, 0) is 19.3 Å². The molecule has 0 bridgehead atoms. The largest absolute Gasteiger partial charge is 0.419 e. The molecule has 0 aliphatic heterocycles. The maximum atomic E-state index is 11.6. The molecule has 1 aliphatic carbocycles. The molecule has 0 unspecified atom stereocenters. The monoisotopic (exact) mass is 247 g/mol. The van der Waals surface area contributed by atoms with Gasteiger partial charge in [0.05, 0.1) is 10.8 Å². The molecule has 1 aliphatic rings. The molecule has 0 radical (unpaired) electrons. The summed E-state index contributed by atoms with van der Waals surface area (Å²) >= 11 is 0. The molecule has 94 valence electrons. The molecule has 18 heavy (non-hydrogen) atoms. The summed E-state index contributed by atoms with van der Waals surface area (Å²) in [6, 6.07) is 4.61. The molecule has 0 N–H and O–H groups in total. The summed E-state index contributed by atoms with van der Waals surface area (Å²) in [5, 5.41) is 10.9. The third-order valence-electron chi connectivity index (χ3n) is 2.75. The molecule has 1 aromatic rings. The summed E-state index contributed by atoms with van der Waals surface area (Å²) in [5.41, 5.74) is 0.427. The molecular weight excluding hydrogens is 234 g/mol. The Kier molecular flexibility index (Phi) is 3.41. The smallest absolute Gasteiger partial charge is 0.314 e. The predicted molar refractivity (Wildman–Crippen MR) is 65.4 cm³/mol. The summed E-state index contributed by atoms with van der Waals surface area (Å²) in [7, 11) is 0. The molecule has 5 nitrogen and oxygen atoms in total. The number of allylic oxidation sites excluding steroid dienone is 1. The van der Waals surface area contributed by atoms with Gasteiger partial charge in [0.25, 0.3) is 0 Å². The van der Waals surface area contributed by atoms with Gasteiger partial charge >= 0.3 is 11.7 Å². The third kappa shape index (κ3) is 2.56. The molecular formula is C13H13NO4. The summed E-state index contributed by atoms with van der Waals surface area (Å²) in [6.45, 7) is 3.59. The van der Waals surface area contributed by atoms with Gasteiger partial charge in [0.15, 0.2) is 0 Å². The van der Waals surface area contributed by atoms with Crippen molar-refractivity contribution in [3.05, 3.63) is 46.5 Å². The molecule has 5 heteroatoms. The van der Waals surface area contributed by atoms with Crippen molar-refractivity contribution in [1.29, 1.82) is 0 Å². The number of nitro groups is 1. The first-order valence-electron chi connectivity index (χ1n) is 5.72. The highest BCUT2D eigenvalue weighted by atomic mass is 16.6. The van der Waals surface area contributed by atoms with E-state index in [2.05, 4.69) is 6.58 Å². The number of hydrogen-bond acceptors (Lipinski definition) is 4. The van der Waals surface area contributed by atoms with Gasteiger partial charge in [0, 0.05) is 11.6 Å². The Morgan fingerprint density at radius 1 is 1.56 bits per heavy atom. The molecule has 2 rings (SSSR count). The second kappa shape index (κ2) is 5.00. The van der Waals surface area contributed by atoms with Crippen LogP contribution in [0.2, 0.25) is 0 Å². The molecule has 0 amide bonds. The second-order valence-corrected chi connectivity index (χ2v) is 4.21. The van der Waals surface area contributed by atoms with Crippen LogP contribution < -0.4 is 4.74 Å². The maximum absolute atomic E-state index is 11.6. The topological polar surface area (TPSA) is 69.4 Å². The van der Waals surface area contributed by atoms with E-state index < -0.39 is 4.92 Å². The number of carbonyl (C=O) groups excluding carboxylic acids is 1. The number of hydrogen-bond donors (Lipinski definition) is 0. The van der Waals surface area contributed by atoms with Crippen LogP contribution in [0.3, 0.4) is 0 Å². The van der Waals surface area contributed by atoms with Gasteiger partial charge in [-0.2, -0.15) is 0 Å². The SMILES string of the molecule is C=CCc1cccc([N+](=O)[O-])c1OC(=O)C1CC1. The first-order chi connectivity index (χ1) is 8.63. The molecule has 1 saturated carbocycles. The second-order valence-electron chi connectivity index (χ2n) is 4.21. The van der Waals surface area contributed by atoms with Gasteiger partial charge in [0.2, 0.25) is 5.75 Å². The van der Waals surface area contributed by atoms with E-state index in [1.807, 2.05) is 0 Å². The van der Waals surface area contributed by atoms with Crippen LogP contribution >= 0.6 is 0 Å². The number of ether oxygens (including phenoxy) is 1. The van der Waals surface area contributed by atoms with E-state index in [1.165, 1.54) is 6.07 Å². The first kappa shape index (κ1) is 12.3. The summed E-state index contributed by atoms with van der Waals surface area (Å²) in [6.07, 6.45) is 3.65. The number of rotatable bonds is 5. The number of nitrogens with zero attached hydrogens (tertiary/aromatic N) is 1. The molecule has 1 aromatic carbocycles. The molecule has 0 atom stereocenters. The predicted octanol–water partition coefficient (Wildman–Crippen LogP) is 2.64. The number of para-hydroxylation sites is 1. The van der Waals surface area contributed by atoms with Crippen molar-refractivity contribution >= 4 is 11.7 Å². The number of nitro benzene ring substituents is 1. The fourth-order valence-electron chi connectivity index (χ4n) is 1.65. The third-order valence-corrected chi connectivity index (χ3v) is 2.75.